The number of nitrogens with zero attached hydrogens (tertiary/aromatic N) is 7. The van der Waals surface area contributed by atoms with Crippen molar-refractivity contribution in [3.8, 4) is 17.0 Å². The summed E-state index contributed by atoms with van der Waals surface area (Å²) in [5.41, 5.74) is 0.914. The van der Waals surface area contributed by atoms with Gasteiger partial charge in [0.2, 0.25) is 11.8 Å². The number of anilines is 1. The molecule has 3 aromatic heterocycles. The van der Waals surface area contributed by atoms with Gasteiger partial charge in [-0.25, -0.2) is 31.1 Å². The molecule has 14 heteroatoms. The van der Waals surface area contributed by atoms with Crippen molar-refractivity contribution >= 4 is 22.5 Å². The minimum atomic E-state index is -3.42. The van der Waals surface area contributed by atoms with Gasteiger partial charge in [0.25, 0.3) is 11.8 Å². The van der Waals surface area contributed by atoms with Gasteiger partial charge in [0.15, 0.2) is 5.82 Å². The molecule has 1 saturated heterocycles. The molecular formula is C22H23F5N8O. The van der Waals surface area contributed by atoms with Crippen molar-refractivity contribution in [1.82, 2.24) is 34.5 Å². The van der Waals surface area contributed by atoms with Crippen LogP contribution in [-0.2, 0) is 6.54 Å². The Kier molecular flexibility index (Phi) is 4.89. The van der Waals surface area contributed by atoms with E-state index in [4.69, 9.17) is 8.85 Å². The molecule has 1 N–H and O–H groups in total. The van der Waals surface area contributed by atoms with Gasteiger partial charge in [-0.3, -0.25) is 0 Å². The third kappa shape index (κ3) is 4.40. The van der Waals surface area contributed by atoms with E-state index in [2.05, 4.69) is 25.7 Å². The number of ether oxygens (including phenoxy) is 1. The van der Waals surface area contributed by atoms with E-state index in [1.165, 1.54) is 25.3 Å². The summed E-state index contributed by atoms with van der Waals surface area (Å²) in [7, 11) is 1.26. The molecule has 1 fully saturated rings. The third-order valence-electron chi connectivity index (χ3n) is 5.88. The van der Waals surface area contributed by atoms with Crippen LogP contribution in [0.3, 0.4) is 0 Å². The van der Waals surface area contributed by atoms with Crippen LogP contribution in [-0.4, -0.2) is 79.6 Å². The van der Waals surface area contributed by atoms with Gasteiger partial charge >= 0.3 is 0 Å². The fourth-order valence-corrected chi connectivity index (χ4v) is 4.27. The minimum absolute atomic E-state index is 0.00683. The standard InChI is InChI=1S/C22H23F5N8O/c1-21(24,25)10-35-15-8-12(4-5-14(15)30-32-35)17-13(23)9-34-18(17)19(36-3)29-20(31-34)28-16-6-7-33(2)11-22(16,26)27/h4-5,8-9,16H,6-7,10-11H2,1-3H3,(H,28,31)/i2D3. The summed E-state index contributed by atoms with van der Waals surface area (Å²) in [5.74, 6) is -7.66. The lowest BCUT2D eigenvalue weighted by molar-refractivity contribution is -0.0675. The van der Waals surface area contributed by atoms with Crippen LogP contribution in [0.2, 0.25) is 0 Å². The van der Waals surface area contributed by atoms with Gasteiger partial charge in [-0.05, 0) is 31.1 Å². The highest BCUT2D eigenvalue weighted by Crippen LogP contribution is 2.36. The van der Waals surface area contributed by atoms with Crippen LogP contribution in [0.4, 0.5) is 27.9 Å². The molecule has 1 unspecified atom stereocenters. The maximum Gasteiger partial charge on any atom is 0.280 e. The number of hydrogen-bond acceptors (Lipinski definition) is 7. The largest absolute Gasteiger partial charge is 0.479 e. The highest BCUT2D eigenvalue weighted by atomic mass is 19.3. The Balaban J connectivity index is 1.51. The van der Waals surface area contributed by atoms with E-state index in [0.717, 1.165) is 27.2 Å². The van der Waals surface area contributed by atoms with Crippen LogP contribution < -0.4 is 10.1 Å². The number of aromatic nitrogens is 6. The van der Waals surface area contributed by atoms with E-state index in [9.17, 15) is 17.6 Å². The summed E-state index contributed by atoms with van der Waals surface area (Å²) in [6.07, 6.45) is 0.800. The molecule has 1 atom stereocenters. The SMILES string of the molecule is [2H]C([2H])([2H])N1CCC(Nc2nc(OC)c3c(-c4ccc5nnn(CC(C)(F)F)c5c4)c(F)cn3n2)C(F)(F)C1. The molecule has 0 bridgehead atoms. The maximum absolute atomic E-state index is 15.3. The lowest BCUT2D eigenvalue weighted by Gasteiger charge is -2.36. The molecule has 1 aliphatic heterocycles. The number of rotatable bonds is 6. The fraction of sp³-hybridized carbons (Fsp3) is 0.455. The van der Waals surface area contributed by atoms with E-state index in [1.807, 2.05) is 0 Å². The number of hydrogen-bond donors (Lipinski definition) is 1. The van der Waals surface area contributed by atoms with Crippen LogP contribution in [0.1, 0.15) is 17.5 Å². The van der Waals surface area contributed by atoms with Crippen molar-refractivity contribution in [3.63, 3.8) is 0 Å². The van der Waals surface area contributed by atoms with Crippen LogP contribution >= 0.6 is 0 Å². The molecule has 0 aliphatic carbocycles. The normalized spacial score (nSPS) is 20.3. The van der Waals surface area contributed by atoms with E-state index in [-0.39, 0.29) is 47.0 Å². The molecule has 36 heavy (non-hydrogen) atoms. The number of benzene rings is 1. The lowest BCUT2D eigenvalue weighted by atomic mass is 10.0. The number of likely N-dealkylation sites (tertiary alicyclic amines) is 1. The Hall–Kier alpha value is -3.55. The molecule has 0 saturated carbocycles. The molecule has 5 rings (SSSR count). The average molecular weight is 513 g/mol. The van der Waals surface area contributed by atoms with Crippen molar-refractivity contribution in [2.45, 2.75) is 37.8 Å². The zero-order valence-corrected chi connectivity index (χ0v) is 19.1. The molecule has 0 spiro atoms. The maximum atomic E-state index is 15.3. The molecule has 192 valence electrons. The molecule has 1 aliphatic rings. The first-order chi connectivity index (χ1) is 18.2. The number of fused-ring (bicyclic) bond motifs is 2. The number of halogens is 5. The first kappa shape index (κ1) is 20.6. The van der Waals surface area contributed by atoms with Crippen LogP contribution in [0, 0.1) is 5.82 Å². The van der Waals surface area contributed by atoms with Crippen molar-refractivity contribution in [3.05, 3.63) is 30.2 Å². The Bertz CT molecular complexity index is 1530. The zero-order chi connectivity index (χ0) is 28.3. The zero-order valence-electron chi connectivity index (χ0n) is 22.1. The van der Waals surface area contributed by atoms with E-state index in [0.29, 0.717) is 5.52 Å². The van der Waals surface area contributed by atoms with E-state index in [1.54, 1.807) is 0 Å². The lowest BCUT2D eigenvalue weighted by Crippen LogP contribution is -2.53. The second kappa shape index (κ2) is 8.54. The molecule has 4 heterocycles. The molecule has 4 aromatic rings. The van der Waals surface area contributed by atoms with Gasteiger partial charge in [0.1, 0.15) is 17.6 Å². The van der Waals surface area contributed by atoms with Crippen molar-refractivity contribution in [2.24, 2.45) is 0 Å². The first-order valence-electron chi connectivity index (χ1n) is 12.4. The van der Waals surface area contributed by atoms with Gasteiger partial charge in [-0.1, -0.05) is 11.3 Å². The number of piperidine rings is 1. The molecule has 9 nitrogen and oxygen atoms in total. The van der Waals surface area contributed by atoms with Gasteiger partial charge in [-0.15, -0.1) is 10.2 Å². The molecular weight excluding hydrogens is 487 g/mol. The predicted molar refractivity (Wildman–Crippen MR) is 121 cm³/mol. The predicted octanol–water partition coefficient (Wildman–Crippen LogP) is 3.70. The monoisotopic (exact) mass is 513 g/mol. The number of nitrogens with one attached hydrogen (secondary N) is 1. The quantitative estimate of drug-likeness (QED) is 0.394. The molecule has 0 amide bonds. The van der Waals surface area contributed by atoms with E-state index >= 15 is 4.39 Å². The summed E-state index contributed by atoms with van der Waals surface area (Å²) in [4.78, 5) is 4.87. The Morgan fingerprint density at radius 1 is 1.33 bits per heavy atom. The van der Waals surface area contributed by atoms with Crippen molar-refractivity contribution in [2.75, 3.05) is 32.5 Å². The molecule has 1 aromatic carbocycles. The smallest absolute Gasteiger partial charge is 0.280 e. The summed E-state index contributed by atoms with van der Waals surface area (Å²) < 4.78 is 102. The fourth-order valence-electron chi connectivity index (χ4n) is 4.27. The summed E-state index contributed by atoms with van der Waals surface area (Å²) in [6, 6.07) is 2.99. The summed E-state index contributed by atoms with van der Waals surface area (Å²) >= 11 is 0. The van der Waals surface area contributed by atoms with Gasteiger partial charge in [-0.2, -0.15) is 4.98 Å². The van der Waals surface area contributed by atoms with Crippen LogP contribution in [0.5, 0.6) is 5.88 Å². The Labute approximate surface area is 206 Å². The second-order valence-corrected chi connectivity index (χ2v) is 8.78. The minimum Gasteiger partial charge on any atom is -0.479 e. The second-order valence-electron chi connectivity index (χ2n) is 8.78. The van der Waals surface area contributed by atoms with Crippen molar-refractivity contribution in [1.29, 1.82) is 0 Å². The first-order valence-corrected chi connectivity index (χ1v) is 10.9. The van der Waals surface area contributed by atoms with Gasteiger partial charge in [0.05, 0.1) is 37.0 Å². The Morgan fingerprint density at radius 2 is 2.14 bits per heavy atom. The van der Waals surface area contributed by atoms with Gasteiger partial charge in [0, 0.05) is 17.6 Å². The van der Waals surface area contributed by atoms with Gasteiger partial charge < -0.3 is 15.0 Å². The van der Waals surface area contributed by atoms with Crippen molar-refractivity contribution < 1.29 is 30.8 Å². The van der Waals surface area contributed by atoms with E-state index < -0.39 is 43.8 Å². The van der Waals surface area contributed by atoms with Crippen LogP contribution in [0.25, 0.3) is 27.7 Å². The number of methoxy groups -OCH3 is 1. The third-order valence-corrected chi connectivity index (χ3v) is 5.88. The topological polar surface area (TPSA) is 85.4 Å². The highest BCUT2D eigenvalue weighted by Gasteiger charge is 2.44. The summed E-state index contributed by atoms with van der Waals surface area (Å²) in [5, 5.41) is 14.3. The summed E-state index contributed by atoms with van der Waals surface area (Å²) in [6.45, 7) is -3.74. The Morgan fingerprint density at radius 3 is 2.83 bits per heavy atom. The number of alkyl halides is 4. The average Bonchev–Trinajstić information content (AvgIpc) is 3.37. The highest BCUT2D eigenvalue weighted by molar-refractivity contribution is 5.89. The van der Waals surface area contributed by atoms with Crippen LogP contribution in [0.15, 0.2) is 24.4 Å². The molecule has 0 radical (unpaired) electrons.